The molecule has 28 heavy (non-hydrogen) atoms. The Morgan fingerprint density at radius 2 is 1.57 bits per heavy atom. The van der Waals surface area contributed by atoms with E-state index in [1.807, 2.05) is 30.3 Å². The van der Waals surface area contributed by atoms with Crippen LogP contribution in [0.1, 0.15) is 33.8 Å². The van der Waals surface area contributed by atoms with Gasteiger partial charge in [0.2, 0.25) is 0 Å². The van der Waals surface area contributed by atoms with Crippen molar-refractivity contribution in [3.63, 3.8) is 0 Å². The molecule has 0 unspecified atom stereocenters. The van der Waals surface area contributed by atoms with Crippen LogP contribution in [-0.4, -0.2) is 29.7 Å². The van der Waals surface area contributed by atoms with Crippen molar-refractivity contribution < 1.29 is 18.4 Å². The van der Waals surface area contributed by atoms with E-state index < -0.39 is 5.82 Å². The first kappa shape index (κ1) is 18.2. The predicted octanol–water partition coefficient (Wildman–Crippen LogP) is 4.82. The summed E-state index contributed by atoms with van der Waals surface area (Å²) in [7, 11) is 0. The van der Waals surface area contributed by atoms with E-state index in [1.165, 1.54) is 6.07 Å². The summed E-state index contributed by atoms with van der Waals surface area (Å²) in [5.74, 6) is -0.0458. The molecule has 5 heteroatoms. The largest absolute Gasteiger partial charge is 0.451 e. The van der Waals surface area contributed by atoms with E-state index >= 15 is 0 Å². The van der Waals surface area contributed by atoms with Crippen molar-refractivity contribution in [2.75, 3.05) is 13.1 Å². The molecular formula is C23H20FNO3. The van der Waals surface area contributed by atoms with E-state index in [9.17, 15) is 14.0 Å². The molecule has 1 saturated heterocycles. The molecule has 0 spiro atoms. The number of halogens is 1. The molecule has 1 fully saturated rings. The van der Waals surface area contributed by atoms with E-state index in [0.717, 1.165) is 0 Å². The van der Waals surface area contributed by atoms with Crippen molar-refractivity contribution in [3.05, 3.63) is 83.9 Å². The van der Waals surface area contributed by atoms with Gasteiger partial charge in [-0.05, 0) is 37.1 Å². The highest BCUT2D eigenvalue weighted by atomic mass is 19.1. The maximum absolute atomic E-state index is 13.9. The minimum Gasteiger partial charge on any atom is -0.451 e. The molecule has 0 bridgehead atoms. The fourth-order valence-electron chi connectivity index (χ4n) is 3.60. The molecule has 142 valence electrons. The highest BCUT2D eigenvalue weighted by Gasteiger charge is 2.29. The zero-order chi connectivity index (χ0) is 19.5. The first-order valence-electron chi connectivity index (χ1n) is 9.37. The molecule has 2 aromatic carbocycles. The summed E-state index contributed by atoms with van der Waals surface area (Å²) >= 11 is 0. The molecule has 3 aromatic rings. The van der Waals surface area contributed by atoms with E-state index in [1.54, 1.807) is 35.2 Å². The predicted molar refractivity (Wildman–Crippen MR) is 104 cm³/mol. The number of hydrogen-bond acceptors (Lipinski definition) is 3. The van der Waals surface area contributed by atoms with Gasteiger partial charge in [0.1, 0.15) is 11.6 Å². The van der Waals surface area contributed by atoms with E-state index in [4.69, 9.17) is 4.42 Å². The quantitative estimate of drug-likeness (QED) is 0.613. The third kappa shape index (κ3) is 3.60. The summed E-state index contributed by atoms with van der Waals surface area (Å²) in [6.07, 6.45) is 1.25. The van der Waals surface area contributed by atoms with Crippen LogP contribution in [0.4, 0.5) is 4.39 Å². The SMILES string of the molecule is O=C(c1ccccc1)C1CCN(C(=O)c2ccc(-c3ccccc3F)o2)CC1. The molecule has 0 atom stereocenters. The highest BCUT2D eigenvalue weighted by molar-refractivity contribution is 5.98. The number of ketones is 1. The fraction of sp³-hybridized carbons (Fsp3) is 0.217. The Hall–Kier alpha value is -3.21. The van der Waals surface area contributed by atoms with Gasteiger partial charge in [0, 0.05) is 24.6 Å². The fourth-order valence-corrected chi connectivity index (χ4v) is 3.60. The zero-order valence-corrected chi connectivity index (χ0v) is 15.3. The van der Waals surface area contributed by atoms with E-state index in [0.29, 0.717) is 42.8 Å². The summed E-state index contributed by atoms with van der Waals surface area (Å²) in [6.45, 7) is 0.996. The number of benzene rings is 2. The van der Waals surface area contributed by atoms with Crippen LogP contribution in [0.15, 0.2) is 71.1 Å². The Labute approximate surface area is 162 Å². The van der Waals surface area contributed by atoms with Gasteiger partial charge in [0.15, 0.2) is 11.5 Å². The maximum Gasteiger partial charge on any atom is 0.289 e. The number of rotatable bonds is 4. The molecule has 1 aliphatic heterocycles. The van der Waals surface area contributed by atoms with Crippen LogP contribution in [0.5, 0.6) is 0 Å². The zero-order valence-electron chi connectivity index (χ0n) is 15.3. The molecule has 1 aliphatic rings. The van der Waals surface area contributed by atoms with Crippen LogP contribution in [0, 0.1) is 11.7 Å². The van der Waals surface area contributed by atoms with Gasteiger partial charge in [-0.1, -0.05) is 42.5 Å². The second kappa shape index (κ2) is 7.80. The number of amides is 1. The number of furan rings is 1. The maximum atomic E-state index is 13.9. The number of likely N-dealkylation sites (tertiary alicyclic amines) is 1. The third-order valence-corrected chi connectivity index (χ3v) is 5.17. The average Bonchev–Trinajstić information content (AvgIpc) is 3.24. The highest BCUT2D eigenvalue weighted by Crippen LogP contribution is 2.27. The second-order valence-corrected chi connectivity index (χ2v) is 6.94. The van der Waals surface area contributed by atoms with Crippen molar-refractivity contribution in [2.24, 2.45) is 5.92 Å². The molecule has 4 rings (SSSR count). The topological polar surface area (TPSA) is 50.5 Å². The molecule has 0 radical (unpaired) electrons. The van der Waals surface area contributed by atoms with Gasteiger partial charge in [-0.3, -0.25) is 9.59 Å². The summed E-state index contributed by atoms with van der Waals surface area (Å²) in [4.78, 5) is 27.0. The molecule has 1 aromatic heterocycles. The van der Waals surface area contributed by atoms with Gasteiger partial charge >= 0.3 is 0 Å². The van der Waals surface area contributed by atoms with E-state index in [-0.39, 0.29) is 23.4 Å². The first-order chi connectivity index (χ1) is 13.6. The lowest BCUT2D eigenvalue weighted by Crippen LogP contribution is -2.40. The Bertz CT molecular complexity index is 988. The molecular weight excluding hydrogens is 357 g/mol. The smallest absolute Gasteiger partial charge is 0.289 e. The Balaban J connectivity index is 1.41. The van der Waals surface area contributed by atoms with Gasteiger partial charge < -0.3 is 9.32 Å². The normalized spacial score (nSPS) is 14.8. The van der Waals surface area contributed by atoms with Gasteiger partial charge in [-0.2, -0.15) is 0 Å². The van der Waals surface area contributed by atoms with Crippen molar-refractivity contribution in [2.45, 2.75) is 12.8 Å². The van der Waals surface area contributed by atoms with Crippen molar-refractivity contribution in [3.8, 4) is 11.3 Å². The number of carbonyl (C=O) groups excluding carboxylic acids is 2. The van der Waals surface area contributed by atoms with Crippen LogP contribution in [0.3, 0.4) is 0 Å². The lowest BCUT2D eigenvalue weighted by Gasteiger charge is -2.30. The van der Waals surface area contributed by atoms with Crippen LogP contribution < -0.4 is 0 Å². The molecule has 4 nitrogen and oxygen atoms in total. The van der Waals surface area contributed by atoms with E-state index in [2.05, 4.69) is 0 Å². The van der Waals surface area contributed by atoms with Crippen molar-refractivity contribution in [1.82, 2.24) is 4.90 Å². The van der Waals surface area contributed by atoms with Gasteiger partial charge in [-0.15, -0.1) is 0 Å². The monoisotopic (exact) mass is 377 g/mol. The minimum absolute atomic E-state index is 0.0722. The number of hydrogen-bond donors (Lipinski definition) is 0. The summed E-state index contributed by atoms with van der Waals surface area (Å²) in [5, 5.41) is 0. The number of nitrogens with zero attached hydrogens (tertiary/aromatic N) is 1. The molecule has 1 amide bonds. The lowest BCUT2D eigenvalue weighted by atomic mass is 9.89. The van der Waals surface area contributed by atoms with Crippen LogP contribution in [-0.2, 0) is 0 Å². The average molecular weight is 377 g/mol. The summed E-state index contributed by atoms with van der Waals surface area (Å²) < 4.78 is 19.5. The molecule has 2 heterocycles. The number of carbonyl (C=O) groups is 2. The van der Waals surface area contributed by atoms with Crippen molar-refractivity contribution in [1.29, 1.82) is 0 Å². The van der Waals surface area contributed by atoms with Crippen LogP contribution in [0.2, 0.25) is 0 Å². The Kier molecular flexibility index (Phi) is 5.06. The van der Waals surface area contributed by atoms with Gasteiger partial charge in [0.25, 0.3) is 5.91 Å². The summed E-state index contributed by atoms with van der Waals surface area (Å²) in [6, 6.07) is 18.7. The Morgan fingerprint density at radius 1 is 0.893 bits per heavy atom. The number of Topliss-reactive ketones (excluding diaryl/α,β-unsaturated/α-hetero) is 1. The second-order valence-electron chi connectivity index (χ2n) is 6.94. The number of piperidine rings is 1. The Morgan fingerprint density at radius 3 is 2.29 bits per heavy atom. The van der Waals surface area contributed by atoms with Crippen LogP contribution >= 0.6 is 0 Å². The van der Waals surface area contributed by atoms with Gasteiger partial charge in [0.05, 0.1) is 5.56 Å². The lowest BCUT2D eigenvalue weighted by molar-refractivity contribution is 0.0625. The molecule has 0 N–H and O–H groups in total. The first-order valence-corrected chi connectivity index (χ1v) is 9.37. The summed E-state index contributed by atoms with van der Waals surface area (Å²) in [5.41, 5.74) is 1.04. The molecule has 0 saturated carbocycles. The third-order valence-electron chi connectivity index (χ3n) is 5.17. The van der Waals surface area contributed by atoms with Gasteiger partial charge in [-0.25, -0.2) is 4.39 Å². The minimum atomic E-state index is -0.393. The van der Waals surface area contributed by atoms with Crippen LogP contribution in [0.25, 0.3) is 11.3 Å². The standard InChI is InChI=1S/C23H20FNO3/c24-19-9-5-4-8-18(19)20-10-11-21(28-20)23(27)25-14-12-17(13-15-25)22(26)16-6-2-1-3-7-16/h1-11,17H,12-15H2. The van der Waals surface area contributed by atoms with Crippen molar-refractivity contribution >= 4 is 11.7 Å². The molecule has 0 aliphatic carbocycles.